The number of fused-ring (bicyclic) bond motifs is 2. The second-order valence-electron chi connectivity index (χ2n) is 5.59. The molecular formula is C18H13N3O4. The first-order valence-electron chi connectivity index (χ1n) is 7.51. The molecule has 2 aromatic heterocycles. The van der Waals surface area contributed by atoms with Crippen LogP contribution in [-0.4, -0.2) is 28.2 Å². The lowest BCUT2D eigenvalue weighted by Gasteiger charge is -1.99. The highest BCUT2D eigenvalue weighted by Gasteiger charge is 2.21. The van der Waals surface area contributed by atoms with Crippen molar-refractivity contribution in [2.75, 3.05) is 7.11 Å². The van der Waals surface area contributed by atoms with Gasteiger partial charge in [-0.2, -0.15) is 0 Å². The Bertz CT molecular complexity index is 1140. The Hall–Kier alpha value is -3.61. The third-order valence-electron chi connectivity index (χ3n) is 4.22. The maximum atomic E-state index is 11.7. The zero-order valence-corrected chi connectivity index (χ0v) is 13.2. The van der Waals surface area contributed by atoms with E-state index in [0.29, 0.717) is 27.7 Å². The van der Waals surface area contributed by atoms with Crippen LogP contribution < -0.4 is 0 Å². The van der Waals surface area contributed by atoms with Gasteiger partial charge in [0.25, 0.3) is 0 Å². The van der Waals surface area contributed by atoms with Crippen LogP contribution in [-0.2, 0) is 4.74 Å². The first kappa shape index (κ1) is 14.9. The first-order chi connectivity index (χ1) is 12.1. The Kier molecular flexibility index (Phi) is 3.28. The fourth-order valence-electron chi connectivity index (χ4n) is 3.08. The van der Waals surface area contributed by atoms with E-state index in [1.54, 1.807) is 18.2 Å². The Labute approximate surface area is 141 Å². The van der Waals surface area contributed by atoms with Crippen molar-refractivity contribution in [2.24, 2.45) is 5.18 Å². The molecule has 124 valence electrons. The average Bonchev–Trinajstić information content (AvgIpc) is 3.15. The number of esters is 1. The molecule has 0 radical (unpaired) electrons. The van der Waals surface area contributed by atoms with Crippen molar-refractivity contribution in [3.05, 3.63) is 52.9 Å². The van der Waals surface area contributed by atoms with Gasteiger partial charge in [-0.15, -0.1) is 4.91 Å². The molecule has 2 aromatic carbocycles. The first-order valence-corrected chi connectivity index (χ1v) is 7.51. The van der Waals surface area contributed by atoms with E-state index in [0.717, 1.165) is 10.9 Å². The molecule has 0 aliphatic heterocycles. The molecule has 25 heavy (non-hydrogen) atoms. The lowest BCUT2D eigenvalue weighted by atomic mass is 10.1. The zero-order chi connectivity index (χ0) is 17.6. The maximum Gasteiger partial charge on any atom is 0.337 e. The zero-order valence-electron chi connectivity index (χ0n) is 13.2. The Morgan fingerprint density at radius 1 is 1.08 bits per heavy atom. The monoisotopic (exact) mass is 335 g/mol. The van der Waals surface area contributed by atoms with Gasteiger partial charge in [-0.1, -0.05) is 18.2 Å². The number of aromatic amines is 2. The number of para-hydroxylation sites is 1. The summed E-state index contributed by atoms with van der Waals surface area (Å²) in [4.78, 5) is 29.2. The van der Waals surface area contributed by atoms with E-state index in [1.165, 1.54) is 7.11 Å². The lowest BCUT2D eigenvalue weighted by molar-refractivity contribution is 0.0601. The number of rotatable bonds is 3. The predicted octanol–water partition coefficient (Wildman–Crippen LogP) is 4.21. The minimum Gasteiger partial charge on any atom is -0.494 e. The van der Waals surface area contributed by atoms with Gasteiger partial charge >= 0.3 is 5.97 Å². The Balaban J connectivity index is 2.03. The number of ether oxygens (including phenoxy) is 1. The molecule has 4 rings (SSSR count). The Morgan fingerprint density at radius 3 is 2.60 bits per heavy atom. The molecule has 0 amide bonds. The normalized spacial score (nSPS) is 11.1. The van der Waals surface area contributed by atoms with Crippen LogP contribution in [0.5, 0.6) is 5.88 Å². The maximum absolute atomic E-state index is 11.7. The highest BCUT2D eigenvalue weighted by molar-refractivity contribution is 6.08. The van der Waals surface area contributed by atoms with Gasteiger partial charge < -0.3 is 19.8 Å². The molecule has 4 aromatic rings. The van der Waals surface area contributed by atoms with Crippen LogP contribution in [0, 0.1) is 4.91 Å². The number of methoxy groups -OCH3 is 1. The van der Waals surface area contributed by atoms with E-state index in [4.69, 9.17) is 4.74 Å². The number of nitrogens with one attached hydrogen (secondary N) is 2. The number of nitrogens with zero attached hydrogens (tertiary/aromatic N) is 1. The number of benzene rings is 2. The lowest BCUT2D eigenvalue weighted by Crippen LogP contribution is -2.00. The predicted molar refractivity (Wildman–Crippen MR) is 94.1 cm³/mol. The van der Waals surface area contributed by atoms with Crippen molar-refractivity contribution in [3.63, 3.8) is 0 Å². The van der Waals surface area contributed by atoms with Crippen LogP contribution in [0.25, 0.3) is 33.1 Å². The van der Waals surface area contributed by atoms with E-state index < -0.39 is 5.97 Å². The molecule has 0 spiro atoms. The number of nitroso groups, excluding NO2 is 1. The van der Waals surface area contributed by atoms with Crippen molar-refractivity contribution in [3.8, 4) is 17.1 Å². The van der Waals surface area contributed by atoms with Gasteiger partial charge in [0.1, 0.15) is 5.69 Å². The third kappa shape index (κ3) is 2.17. The van der Waals surface area contributed by atoms with Gasteiger partial charge in [-0.05, 0) is 29.4 Å². The average molecular weight is 335 g/mol. The quantitative estimate of drug-likeness (QED) is 0.385. The highest BCUT2D eigenvalue weighted by Crippen LogP contribution is 2.44. The molecule has 3 N–H and O–H groups in total. The molecule has 0 aliphatic carbocycles. The molecule has 0 saturated heterocycles. The smallest absolute Gasteiger partial charge is 0.337 e. The molecule has 0 fully saturated rings. The standard InChI is InChI=1S/C18H13N3O4/c1-25-18(23)9-6-7-13-11(8-9)15(21-24)16(19-13)14-10-4-2-3-5-12(10)20-17(14)22/h2-8,19-20,22H,1H3. The number of carbonyl (C=O) groups is 1. The van der Waals surface area contributed by atoms with E-state index in [1.807, 2.05) is 24.3 Å². The number of carbonyl (C=O) groups excluding carboxylic acids is 1. The van der Waals surface area contributed by atoms with Crippen LogP contribution in [0.15, 0.2) is 47.6 Å². The van der Waals surface area contributed by atoms with Crippen molar-refractivity contribution >= 4 is 33.5 Å². The number of aromatic nitrogens is 2. The van der Waals surface area contributed by atoms with E-state index in [9.17, 15) is 14.8 Å². The SMILES string of the molecule is COC(=O)c1ccc2[nH]c(-c3c(O)[nH]c4ccccc34)c(N=O)c2c1. The second-order valence-corrected chi connectivity index (χ2v) is 5.59. The molecule has 0 atom stereocenters. The minimum atomic E-state index is -0.503. The number of hydrogen-bond acceptors (Lipinski definition) is 5. The number of hydrogen-bond donors (Lipinski definition) is 3. The molecule has 0 aliphatic rings. The fraction of sp³-hybridized carbons (Fsp3) is 0.0556. The molecule has 7 nitrogen and oxygen atoms in total. The number of aromatic hydroxyl groups is 1. The van der Waals surface area contributed by atoms with Crippen LogP contribution in [0.1, 0.15) is 10.4 Å². The second kappa shape index (κ2) is 5.48. The van der Waals surface area contributed by atoms with Crippen molar-refractivity contribution < 1.29 is 14.6 Å². The highest BCUT2D eigenvalue weighted by atomic mass is 16.5. The molecule has 0 saturated carbocycles. The molecule has 2 heterocycles. The van der Waals surface area contributed by atoms with E-state index in [2.05, 4.69) is 15.1 Å². The summed E-state index contributed by atoms with van der Waals surface area (Å²) in [5.74, 6) is -0.567. The molecule has 7 heteroatoms. The minimum absolute atomic E-state index is 0.0640. The summed E-state index contributed by atoms with van der Waals surface area (Å²) in [6.07, 6.45) is 0. The molecule has 0 unspecified atom stereocenters. The van der Waals surface area contributed by atoms with Crippen LogP contribution in [0.4, 0.5) is 5.69 Å². The van der Waals surface area contributed by atoms with Crippen LogP contribution in [0.3, 0.4) is 0 Å². The van der Waals surface area contributed by atoms with Crippen LogP contribution in [0.2, 0.25) is 0 Å². The van der Waals surface area contributed by atoms with Crippen LogP contribution >= 0.6 is 0 Å². The van der Waals surface area contributed by atoms with Gasteiger partial charge in [0.05, 0.1) is 23.9 Å². The van der Waals surface area contributed by atoms with Gasteiger partial charge in [-0.25, -0.2) is 4.79 Å². The number of H-pyrrole nitrogens is 2. The summed E-state index contributed by atoms with van der Waals surface area (Å²) in [7, 11) is 1.29. The fourth-order valence-corrected chi connectivity index (χ4v) is 3.08. The van der Waals surface area contributed by atoms with Gasteiger partial charge in [0.15, 0.2) is 5.88 Å². The Morgan fingerprint density at radius 2 is 1.84 bits per heavy atom. The van der Waals surface area contributed by atoms with Crippen molar-refractivity contribution in [2.45, 2.75) is 0 Å². The van der Waals surface area contributed by atoms with E-state index >= 15 is 0 Å². The van der Waals surface area contributed by atoms with Crippen molar-refractivity contribution in [1.82, 2.24) is 9.97 Å². The third-order valence-corrected chi connectivity index (χ3v) is 4.22. The summed E-state index contributed by atoms with van der Waals surface area (Å²) in [6, 6.07) is 12.2. The topological polar surface area (TPSA) is 108 Å². The summed E-state index contributed by atoms with van der Waals surface area (Å²) >= 11 is 0. The summed E-state index contributed by atoms with van der Waals surface area (Å²) in [5.41, 5.74) is 2.65. The van der Waals surface area contributed by atoms with Gasteiger partial charge in [0, 0.05) is 21.8 Å². The van der Waals surface area contributed by atoms with Gasteiger partial charge in [-0.3, -0.25) is 0 Å². The van der Waals surface area contributed by atoms with Crippen molar-refractivity contribution in [1.29, 1.82) is 0 Å². The largest absolute Gasteiger partial charge is 0.494 e. The summed E-state index contributed by atoms with van der Waals surface area (Å²) in [6.45, 7) is 0. The summed E-state index contributed by atoms with van der Waals surface area (Å²) in [5, 5.41) is 14.7. The van der Waals surface area contributed by atoms with E-state index in [-0.39, 0.29) is 11.6 Å². The molecule has 0 bridgehead atoms. The molecular weight excluding hydrogens is 322 g/mol. The summed E-state index contributed by atoms with van der Waals surface area (Å²) < 4.78 is 4.71. The van der Waals surface area contributed by atoms with Gasteiger partial charge in [0.2, 0.25) is 0 Å².